The van der Waals surface area contributed by atoms with E-state index >= 15 is 0 Å². The van der Waals surface area contributed by atoms with Crippen molar-refractivity contribution in [1.29, 1.82) is 0 Å². The van der Waals surface area contributed by atoms with E-state index in [4.69, 9.17) is 10.5 Å². The summed E-state index contributed by atoms with van der Waals surface area (Å²) in [5, 5.41) is 3.87. The Bertz CT molecular complexity index is 686. The molecule has 0 saturated carbocycles. The topological polar surface area (TPSA) is 106 Å². The number of pyridine rings is 1. The smallest absolute Gasteiger partial charge is 0.244 e. The number of nitrogen functional groups attached to an aromatic ring is 1. The van der Waals surface area contributed by atoms with Gasteiger partial charge in [0.25, 0.3) is 0 Å². The summed E-state index contributed by atoms with van der Waals surface area (Å²) < 4.78 is 5.26. The van der Waals surface area contributed by atoms with E-state index in [1.807, 2.05) is 6.92 Å². The largest absolute Gasteiger partial charge is 0.384 e. The lowest BCUT2D eigenvalue weighted by atomic mass is 10.2. The third kappa shape index (κ3) is 2.91. The molecule has 8 nitrogen and oxygen atoms in total. The number of hydrogen-bond donors (Lipinski definition) is 2. The molecule has 3 heterocycles. The minimum absolute atomic E-state index is 0.0264. The highest BCUT2D eigenvalue weighted by Crippen LogP contribution is 2.19. The number of hydrogen-bond acceptors (Lipinski definition) is 7. The summed E-state index contributed by atoms with van der Waals surface area (Å²) in [7, 11) is 0. The zero-order valence-electron chi connectivity index (χ0n) is 12.3. The molecule has 2 aromatic rings. The Morgan fingerprint density at radius 3 is 2.91 bits per heavy atom. The van der Waals surface area contributed by atoms with Crippen molar-refractivity contribution in [2.24, 2.45) is 0 Å². The van der Waals surface area contributed by atoms with Crippen LogP contribution in [-0.4, -0.2) is 58.1 Å². The van der Waals surface area contributed by atoms with E-state index in [1.54, 1.807) is 17.0 Å². The number of nitrogens with zero attached hydrogens (tertiary/aromatic N) is 4. The van der Waals surface area contributed by atoms with Crippen LogP contribution in [0, 0.1) is 0 Å². The monoisotopic (exact) mass is 302 g/mol. The van der Waals surface area contributed by atoms with E-state index in [2.05, 4.69) is 20.3 Å². The minimum Gasteiger partial charge on any atom is -0.384 e. The molecule has 0 bridgehead atoms. The number of nitrogens with one attached hydrogen (secondary N) is 1. The van der Waals surface area contributed by atoms with Gasteiger partial charge in [-0.05, 0) is 19.1 Å². The molecule has 3 rings (SSSR count). The van der Waals surface area contributed by atoms with Crippen LogP contribution in [0.25, 0.3) is 11.0 Å². The summed E-state index contributed by atoms with van der Waals surface area (Å²) in [6.45, 7) is 4.22. The first kappa shape index (κ1) is 14.5. The van der Waals surface area contributed by atoms with Gasteiger partial charge in [0.1, 0.15) is 24.0 Å². The molecular formula is C14H18N6O2. The molecule has 1 fully saturated rings. The second-order valence-electron chi connectivity index (χ2n) is 5.13. The Labute approximate surface area is 127 Å². The standard InChI is InChI=1S/C14H18N6O2/c1-9(14(21)20-4-6-22-7-5-20)18-12-10-2-3-11(15)19-13(10)17-8-16-12/h2-3,8-9H,4-7H2,1H3,(H3,15,16,17,18,19). The van der Waals surface area contributed by atoms with Gasteiger partial charge in [-0.1, -0.05) is 0 Å². The fourth-order valence-corrected chi connectivity index (χ4v) is 2.40. The third-order valence-corrected chi connectivity index (χ3v) is 3.57. The van der Waals surface area contributed by atoms with Crippen molar-refractivity contribution in [3.8, 4) is 0 Å². The van der Waals surface area contributed by atoms with Crippen molar-refractivity contribution in [3.05, 3.63) is 18.5 Å². The van der Waals surface area contributed by atoms with Crippen LogP contribution in [0.15, 0.2) is 18.5 Å². The Balaban J connectivity index is 1.78. The maximum Gasteiger partial charge on any atom is 0.244 e. The molecule has 0 spiro atoms. The highest BCUT2D eigenvalue weighted by atomic mass is 16.5. The molecule has 8 heteroatoms. The number of rotatable bonds is 3. The van der Waals surface area contributed by atoms with Crippen molar-refractivity contribution in [2.75, 3.05) is 37.4 Å². The summed E-state index contributed by atoms with van der Waals surface area (Å²) in [6, 6.07) is 3.09. The van der Waals surface area contributed by atoms with E-state index < -0.39 is 6.04 Å². The maximum atomic E-state index is 12.4. The summed E-state index contributed by atoms with van der Waals surface area (Å²) in [5.41, 5.74) is 6.16. The number of anilines is 2. The molecule has 22 heavy (non-hydrogen) atoms. The van der Waals surface area contributed by atoms with Gasteiger partial charge in [0.05, 0.1) is 18.6 Å². The predicted octanol–water partition coefficient (Wildman–Crippen LogP) is 0.266. The molecule has 2 aromatic heterocycles. The fraction of sp³-hybridized carbons (Fsp3) is 0.429. The number of amides is 1. The van der Waals surface area contributed by atoms with Crippen LogP contribution in [-0.2, 0) is 9.53 Å². The molecule has 3 N–H and O–H groups in total. The Hall–Kier alpha value is -2.48. The Morgan fingerprint density at radius 1 is 1.36 bits per heavy atom. The lowest BCUT2D eigenvalue weighted by Gasteiger charge is -2.29. The molecule has 0 aromatic carbocycles. The highest BCUT2D eigenvalue weighted by Gasteiger charge is 2.23. The quantitative estimate of drug-likeness (QED) is 0.838. The summed E-state index contributed by atoms with van der Waals surface area (Å²) in [5.74, 6) is 1.000. The van der Waals surface area contributed by atoms with Gasteiger partial charge in [0.2, 0.25) is 5.91 Å². The number of carbonyl (C=O) groups is 1. The summed E-state index contributed by atoms with van der Waals surface area (Å²) in [6.07, 6.45) is 1.41. The number of aromatic nitrogens is 3. The van der Waals surface area contributed by atoms with Crippen molar-refractivity contribution in [1.82, 2.24) is 19.9 Å². The fourth-order valence-electron chi connectivity index (χ4n) is 2.40. The van der Waals surface area contributed by atoms with Gasteiger partial charge in [-0.15, -0.1) is 0 Å². The molecular weight excluding hydrogens is 284 g/mol. The van der Waals surface area contributed by atoms with E-state index in [0.717, 1.165) is 5.39 Å². The van der Waals surface area contributed by atoms with Gasteiger partial charge in [-0.25, -0.2) is 15.0 Å². The number of nitrogens with two attached hydrogens (primary N) is 1. The van der Waals surface area contributed by atoms with Crippen molar-refractivity contribution in [3.63, 3.8) is 0 Å². The second kappa shape index (κ2) is 6.10. The van der Waals surface area contributed by atoms with Crippen LogP contribution < -0.4 is 11.1 Å². The molecule has 116 valence electrons. The molecule has 1 aliphatic rings. The first-order chi connectivity index (χ1) is 10.6. The second-order valence-corrected chi connectivity index (χ2v) is 5.13. The molecule has 1 aliphatic heterocycles. The average Bonchev–Trinajstić information content (AvgIpc) is 2.55. The van der Waals surface area contributed by atoms with Crippen molar-refractivity contribution in [2.45, 2.75) is 13.0 Å². The van der Waals surface area contributed by atoms with Crippen LogP contribution in [0.2, 0.25) is 0 Å². The van der Waals surface area contributed by atoms with Crippen LogP contribution >= 0.6 is 0 Å². The minimum atomic E-state index is -0.395. The number of fused-ring (bicyclic) bond motifs is 1. The van der Waals surface area contributed by atoms with E-state index in [1.165, 1.54) is 6.33 Å². The van der Waals surface area contributed by atoms with Crippen molar-refractivity contribution >= 4 is 28.6 Å². The first-order valence-electron chi connectivity index (χ1n) is 7.15. The molecule has 0 radical (unpaired) electrons. The first-order valence-corrected chi connectivity index (χ1v) is 7.15. The maximum absolute atomic E-state index is 12.4. The zero-order chi connectivity index (χ0) is 15.5. The van der Waals surface area contributed by atoms with Crippen LogP contribution in [0.5, 0.6) is 0 Å². The van der Waals surface area contributed by atoms with E-state index in [9.17, 15) is 4.79 Å². The third-order valence-electron chi connectivity index (χ3n) is 3.57. The average molecular weight is 302 g/mol. The summed E-state index contributed by atoms with van der Waals surface area (Å²) in [4.78, 5) is 26.7. The number of ether oxygens (including phenoxy) is 1. The van der Waals surface area contributed by atoms with Crippen LogP contribution in [0.4, 0.5) is 11.6 Å². The Morgan fingerprint density at radius 2 is 2.14 bits per heavy atom. The molecule has 1 atom stereocenters. The van der Waals surface area contributed by atoms with Crippen LogP contribution in [0.1, 0.15) is 6.92 Å². The molecule has 1 saturated heterocycles. The predicted molar refractivity (Wildman–Crippen MR) is 82.2 cm³/mol. The lowest BCUT2D eigenvalue weighted by molar-refractivity contribution is -0.135. The van der Waals surface area contributed by atoms with Gasteiger partial charge >= 0.3 is 0 Å². The van der Waals surface area contributed by atoms with Gasteiger partial charge in [-0.3, -0.25) is 4.79 Å². The summed E-state index contributed by atoms with van der Waals surface area (Å²) >= 11 is 0. The SMILES string of the molecule is CC(Nc1ncnc2nc(N)ccc12)C(=O)N1CCOCC1. The van der Waals surface area contributed by atoms with Gasteiger partial charge in [0.15, 0.2) is 5.65 Å². The Kier molecular flexibility index (Phi) is 4.01. The van der Waals surface area contributed by atoms with E-state index in [0.29, 0.717) is 43.6 Å². The normalized spacial score (nSPS) is 16.5. The molecule has 0 aliphatic carbocycles. The zero-order valence-corrected chi connectivity index (χ0v) is 12.3. The highest BCUT2D eigenvalue weighted by molar-refractivity contribution is 5.90. The van der Waals surface area contributed by atoms with Gasteiger partial charge in [0, 0.05) is 13.1 Å². The lowest BCUT2D eigenvalue weighted by Crippen LogP contribution is -2.47. The molecule has 1 unspecified atom stereocenters. The van der Waals surface area contributed by atoms with Gasteiger partial charge < -0.3 is 20.7 Å². The number of carbonyl (C=O) groups excluding carboxylic acids is 1. The van der Waals surface area contributed by atoms with Crippen molar-refractivity contribution < 1.29 is 9.53 Å². The van der Waals surface area contributed by atoms with E-state index in [-0.39, 0.29) is 5.91 Å². The molecule has 1 amide bonds. The van der Waals surface area contributed by atoms with Crippen LogP contribution in [0.3, 0.4) is 0 Å². The number of morpholine rings is 1. The van der Waals surface area contributed by atoms with Gasteiger partial charge in [-0.2, -0.15) is 0 Å².